The van der Waals surface area contributed by atoms with Crippen molar-refractivity contribution in [2.24, 2.45) is 0 Å². The van der Waals surface area contributed by atoms with Crippen molar-refractivity contribution in [1.29, 1.82) is 5.26 Å². The molecule has 0 fully saturated rings. The third kappa shape index (κ3) is 2.24. The summed E-state index contributed by atoms with van der Waals surface area (Å²) in [6, 6.07) is 8.69. The van der Waals surface area contributed by atoms with Crippen molar-refractivity contribution in [2.75, 3.05) is 0 Å². The van der Waals surface area contributed by atoms with Crippen LogP contribution in [-0.2, 0) is 0 Å². The molecule has 17 heavy (non-hydrogen) atoms. The Bertz CT molecular complexity index is 574. The molecule has 3 nitrogen and oxygen atoms in total. The highest BCUT2D eigenvalue weighted by atomic mass is 32.2. The van der Waals surface area contributed by atoms with E-state index in [4.69, 9.17) is 5.26 Å². The molecule has 2 rings (SSSR count). The summed E-state index contributed by atoms with van der Waals surface area (Å²) in [6.07, 6.45) is 0. The molecule has 0 aliphatic heterocycles. The van der Waals surface area contributed by atoms with Crippen LogP contribution in [0.2, 0.25) is 0 Å². The van der Waals surface area contributed by atoms with E-state index in [-0.39, 0.29) is 5.16 Å². The van der Waals surface area contributed by atoms with Gasteiger partial charge in [-0.15, -0.1) is 0 Å². The van der Waals surface area contributed by atoms with E-state index in [1.54, 1.807) is 31.2 Å². The van der Waals surface area contributed by atoms with Gasteiger partial charge in [-0.1, -0.05) is 23.9 Å². The lowest BCUT2D eigenvalue weighted by Gasteiger charge is -2.07. The molecule has 0 bridgehead atoms. The molecule has 0 amide bonds. The number of nitrogens with zero attached hydrogens (tertiary/aromatic N) is 3. The van der Waals surface area contributed by atoms with E-state index in [1.165, 1.54) is 0 Å². The van der Waals surface area contributed by atoms with Gasteiger partial charge in [0.1, 0.15) is 0 Å². The van der Waals surface area contributed by atoms with Gasteiger partial charge >= 0.3 is 6.55 Å². The molecule has 1 atom stereocenters. The minimum Gasteiger partial charge on any atom is -0.261 e. The first-order valence-electron chi connectivity index (χ1n) is 4.95. The van der Waals surface area contributed by atoms with Crippen LogP contribution in [0.25, 0.3) is 11.0 Å². The fraction of sp³-hybridized carbons (Fsp3) is 0.273. The molecule has 1 unspecified atom stereocenters. The second-order valence-corrected chi connectivity index (χ2v) is 4.73. The van der Waals surface area contributed by atoms with Crippen molar-refractivity contribution < 1.29 is 8.78 Å². The summed E-state index contributed by atoms with van der Waals surface area (Å²) >= 11 is 1.03. The molecule has 2 aromatic rings. The monoisotopic (exact) mass is 253 g/mol. The number of aromatic nitrogens is 2. The number of rotatable bonds is 3. The lowest BCUT2D eigenvalue weighted by molar-refractivity contribution is 0.0656. The first-order valence-corrected chi connectivity index (χ1v) is 5.83. The molecule has 1 aromatic carbocycles. The summed E-state index contributed by atoms with van der Waals surface area (Å²) in [7, 11) is 0. The second kappa shape index (κ2) is 4.72. The summed E-state index contributed by atoms with van der Waals surface area (Å²) in [4.78, 5) is 4.12. The maximum Gasteiger partial charge on any atom is 0.321 e. The van der Waals surface area contributed by atoms with Crippen LogP contribution in [0.4, 0.5) is 8.78 Å². The van der Waals surface area contributed by atoms with Crippen LogP contribution < -0.4 is 0 Å². The van der Waals surface area contributed by atoms with Gasteiger partial charge in [-0.25, -0.2) is 4.98 Å². The minimum atomic E-state index is -2.66. The Morgan fingerprint density at radius 3 is 2.76 bits per heavy atom. The van der Waals surface area contributed by atoms with Crippen molar-refractivity contribution in [2.45, 2.75) is 23.9 Å². The SMILES string of the molecule is CC(C#N)Sc1nc2ccccc2n1C(F)F. The fourth-order valence-electron chi connectivity index (χ4n) is 1.48. The predicted octanol–water partition coefficient (Wildman–Crippen LogP) is 3.44. The number of halogens is 2. The lowest BCUT2D eigenvalue weighted by Crippen LogP contribution is -2.02. The minimum absolute atomic E-state index is 0.176. The van der Waals surface area contributed by atoms with Crippen molar-refractivity contribution in [3.8, 4) is 6.07 Å². The smallest absolute Gasteiger partial charge is 0.261 e. The number of hydrogen-bond donors (Lipinski definition) is 0. The Balaban J connectivity index is 2.54. The summed E-state index contributed by atoms with van der Waals surface area (Å²) in [6.45, 7) is -1.00. The first-order chi connectivity index (χ1) is 8.13. The third-order valence-electron chi connectivity index (χ3n) is 2.22. The van der Waals surface area contributed by atoms with Crippen LogP contribution in [0.3, 0.4) is 0 Å². The van der Waals surface area contributed by atoms with Crippen molar-refractivity contribution in [3.05, 3.63) is 24.3 Å². The van der Waals surface area contributed by atoms with Gasteiger partial charge in [0.2, 0.25) is 0 Å². The largest absolute Gasteiger partial charge is 0.321 e. The zero-order valence-corrected chi connectivity index (χ0v) is 9.79. The molecule has 0 aliphatic carbocycles. The van der Waals surface area contributed by atoms with Gasteiger partial charge < -0.3 is 0 Å². The van der Waals surface area contributed by atoms with Gasteiger partial charge in [0.25, 0.3) is 0 Å². The Morgan fingerprint density at radius 2 is 2.12 bits per heavy atom. The number of alkyl halides is 2. The quantitative estimate of drug-likeness (QED) is 0.787. The molecule has 0 N–H and O–H groups in total. The normalized spacial score (nSPS) is 12.9. The van der Waals surface area contributed by atoms with E-state index in [2.05, 4.69) is 4.98 Å². The van der Waals surface area contributed by atoms with E-state index in [1.807, 2.05) is 6.07 Å². The lowest BCUT2D eigenvalue weighted by atomic mass is 10.3. The summed E-state index contributed by atoms with van der Waals surface area (Å²) in [5.41, 5.74) is 0.899. The molecule has 0 radical (unpaired) electrons. The summed E-state index contributed by atoms with van der Waals surface area (Å²) < 4.78 is 26.8. The topological polar surface area (TPSA) is 41.6 Å². The number of benzene rings is 1. The molecule has 1 heterocycles. The number of fused-ring (bicyclic) bond motifs is 1. The molecule has 0 spiro atoms. The Hall–Kier alpha value is -1.61. The van der Waals surface area contributed by atoms with Crippen LogP contribution in [0.5, 0.6) is 0 Å². The first kappa shape index (κ1) is 11.9. The highest BCUT2D eigenvalue weighted by Crippen LogP contribution is 2.30. The van der Waals surface area contributed by atoms with Crippen molar-refractivity contribution in [1.82, 2.24) is 9.55 Å². The number of hydrogen-bond acceptors (Lipinski definition) is 3. The van der Waals surface area contributed by atoms with Gasteiger partial charge in [0, 0.05) is 0 Å². The van der Waals surface area contributed by atoms with Crippen LogP contribution >= 0.6 is 11.8 Å². The standard InChI is InChI=1S/C11H9F2N3S/c1-7(6-14)17-11-15-8-4-2-3-5-9(8)16(11)10(12)13/h2-5,7,10H,1H3. The average Bonchev–Trinajstić information content (AvgIpc) is 2.66. The maximum atomic E-state index is 13.0. The van der Waals surface area contributed by atoms with Crippen LogP contribution in [-0.4, -0.2) is 14.8 Å². The molecule has 6 heteroatoms. The highest BCUT2D eigenvalue weighted by molar-refractivity contribution is 8.00. The number of para-hydroxylation sites is 2. The zero-order valence-electron chi connectivity index (χ0n) is 8.97. The van der Waals surface area contributed by atoms with E-state index < -0.39 is 11.8 Å². The van der Waals surface area contributed by atoms with Gasteiger partial charge in [0.15, 0.2) is 5.16 Å². The van der Waals surface area contributed by atoms with E-state index >= 15 is 0 Å². The van der Waals surface area contributed by atoms with Gasteiger partial charge in [-0.2, -0.15) is 14.0 Å². The molecule has 0 aliphatic rings. The van der Waals surface area contributed by atoms with Crippen LogP contribution in [0.15, 0.2) is 29.4 Å². The van der Waals surface area contributed by atoms with E-state index in [0.717, 1.165) is 16.3 Å². The van der Waals surface area contributed by atoms with E-state index in [9.17, 15) is 8.78 Å². The van der Waals surface area contributed by atoms with Gasteiger partial charge in [-0.3, -0.25) is 4.57 Å². The third-order valence-corrected chi connectivity index (χ3v) is 3.18. The van der Waals surface area contributed by atoms with Crippen molar-refractivity contribution in [3.63, 3.8) is 0 Å². The number of thioether (sulfide) groups is 1. The molecule has 1 aromatic heterocycles. The Labute approximate surface area is 101 Å². The second-order valence-electron chi connectivity index (χ2n) is 3.42. The molecule has 0 saturated carbocycles. The van der Waals surface area contributed by atoms with Crippen LogP contribution in [0, 0.1) is 11.3 Å². The number of nitriles is 1. The number of imidazole rings is 1. The maximum absolute atomic E-state index is 13.0. The predicted molar refractivity (Wildman–Crippen MR) is 61.9 cm³/mol. The van der Waals surface area contributed by atoms with E-state index in [0.29, 0.717) is 11.0 Å². The van der Waals surface area contributed by atoms with Gasteiger partial charge in [0.05, 0.1) is 22.4 Å². The summed E-state index contributed by atoms with van der Waals surface area (Å²) in [5.74, 6) is 0. The molecular weight excluding hydrogens is 244 g/mol. The molecule has 88 valence electrons. The fourth-order valence-corrected chi connectivity index (χ4v) is 2.29. The Kier molecular flexibility index (Phi) is 3.29. The highest BCUT2D eigenvalue weighted by Gasteiger charge is 2.19. The summed E-state index contributed by atoms with van der Waals surface area (Å²) in [5, 5.41) is 8.47. The Morgan fingerprint density at radius 1 is 1.41 bits per heavy atom. The van der Waals surface area contributed by atoms with Crippen LogP contribution in [0.1, 0.15) is 13.5 Å². The van der Waals surface area contributed by atoms with Gasteiger partial charge in [-0.05, 0) is 19.1 Å². The van der Waals surface area contributed by atoms with Crippen molar-refractivity contribution >= 4 is 22.8 Å². The average molecular weight is 253 g/mol. The molecule has 0 saturated heterocycles. The molecular formula is C11H9F2N3S. The zero-order chi connectivity index (χ0) is 12.4.